The van der Waals surface area contributed by atoms with E-state index in [9.17, 15) is 30.3 Å². The molecule has 0 radical (unpaired) electrons. The molecule has 1 saturated carbocycles. The lowest BCUT2D eigenvalue weighted by Crippen LogP contribution is -2.62. The smallest absolute Gasteiger partial charge is 0.228 e. The van der Waals surface area contributed by atoms with Crippen LogP contribution in [-0.4, -0.2) is 104 Å². The second-order valence-corrected chi connectivity index (χ2v) is 12.7. The third-order valence-corrected chi connectivity index (χ3v) is 8.22. The standard InChI is InChI=1S/C28H51N3O9/c1-13(2)6-7-18(39-27-25(35)23(30)24(34)15(5)38-27)10-21-22(26(36)31-17-8-16(29)9-17)20(33)12-28(37,40-21)11-19(32)14(3)4/h6-7,13-25,27,32-35,37H,8-12,29-30H2,1-5H3,(H,31,36)/b7-6+/t15?,16-,17+,18?,19?,20-,21-,22?,23?,24?,25?,27?,28?/m0/s1. The van der Waals surface area contributed by atoms with Gasteiger partial charge in [0.25, 0.3) is 0 Å². The quantitative estimate of drug-likeness (QED) is 0.144. The van der Waals surface area contributed by atoms with Crippen molar-refractivity contribution < 1.29 is 44.5 Å². The molecule has 0 spiro atoms. The maximum atomic E-state index is 13.4. The van der Waals surface area contributed by atoms with Crippen molar-refractivity contribution in [3.05, 3.63) is 12.2 Å². The van der Waals surface area contributed by atoms with Crippen molar-refractivity contribution in [2.45, 2.75) is 140 Å². The van der Waals surface area contributed by atoms with Gasteiger partial charge in [-0.3, -0.25) is 4.79 Å². The second-order valence-electron chi connectivity index (χ2n) is 12.7. The first-order valence-corrected chi connectivity index (χ1v) is 14.5. The maximum absolute atomic E-state index is 13.4. The molecule has 10 N–H and O–H groups in total. The molecule has 3 fully saturated rings. The predicted molar refractivity (Wildman–Crippen MR) is 146 cm³/mol. The fourth-order valence-corrected chi connectivity index (χ4v) is 5.52. The fourth-order valence-electron chi connectivity index (χ4n) is 5.52. The molecule has 1 aliphatic carbocycles. The molecule has 0 aromatic carbocycles. The van der Waals surface area contributed by atoms with E-state index in [0.717, 1.165) is 0 Å². The van der Waals surface area contributed by atoms with Gasteiger partial charge in [-0.05, 0) is 31.6 Å². The Hall–Kier alpha value is -1.19. The Labute approximate surface area is 237 Å². The highest BCUT2D eigenvalue weighted by molar-refractivity contribution is 5.80. The van der Waals surface area contributed by atoms with Crippen molar-refractivity contribution in [2.24, 2.45) is 29.2 Å². The van der Waals surface area contributed by atoms with Crippen LogP contribution in [0.15, 0.2) is 12.2 Å². The Morgan fingerprint density at radius 1 is 1.12 bits per heavy atom. The first-order chi connectivity index (χ1) is 18.6. The monoisotopic (exact) mass is 573 g/mol. The number of allylic oxidation sites excluding steroid dienone is 1. The van der Waals surface area contributed by atoms with Crippen LogP contribution in [0.5, 0.6) is 0 Å². The van der Waals surface area contributed by atoms with Crippen molar-refractivity contribution in [2.75, 3.05) is 0 Å². The third-order valence-electron chi connectivity index (χ3n) is 8.22. The zero-order chi connectivity index (χ0) is 29.9. The number of hydrogen-bond donors (Lipinski definition) is 8. The Kier molecular flexibility index (Phi) is 11.5. The summed E-state index contributed by atoms with van der Waals surface area (Å²) in [6.07, 6.45) is -3.68. The van der Waals surface area contributed by atoms with Crippen LogP contribution in [0.25, 0.3) is 0 Å². The summed E-state index contributed by atoms with van der Waals surface area (Å²) >= 11 is 0. The fraction of sp³-hybridized carbons (Fsp3) is 0.893. The minimum absolute atomic E-state index is 0.0153. The number of nitrogens with one attached hydrogen (secondary N) is 1. The Balaban J connectivity index is 1.86. The SMILES string of the molecule is CC(C)/C=C/C(C[C@@H]1OC(O)(CC(O)C(C)C)C[C@H](O)C1C(=O)N[C@H]1C[C@@H](N)C1)OC1OC(C)C(O)C(N)C1O. The van der Waals surface area contributed by atoms with E-state index in [1.54, 1.807) is 13.0 Å². The van der Waals surface area contributed by atoms with Crippen LogP contribution in [0.3, 0.4) is 0 Å². The lowest BCUT2D eigenvalue weighted by atomic mass is 9.80. The van der Waals surface area contributed by atoms with Crippen LogP contribution in [-0.2, 0) is 19.0 Å². The molecule has 1 amide bonds. The summed E-state index contributed by atoms with van der Waals surface area (Å²) < 4.78 is 18.0. The minimum Gasteiger partial charge on any atom is -0.393 e. The van der Waals surface area contributed by atoms with E-state index in [-0.39, 0.29) is 43.2 Å². The number of nitrogens with two attached hydrogens (primary N) is 2. The summed E-state index contributed by atoms with van der Waals surface area (Å²) in [4.78, 5) is 13.4. The van der Waals surface area contributed by atoms with Gasteiger partial charge in [0.15, 0.2) is 12.1 Å². The molecule has 3 aliphatic rings. The van der Waals surface area contributed by atoms with Crippen LogP contribution in [0.1, 0.15) is 66.7 Å². The second kappa shape index (κ2) is 13.9. The highest BCUT2D eigenvalue weighted by Gasteiger charge is 2.51. The van der Waals surface area contributed by atoms with Gasteiger partial charge in [-0.25, -0.2) is 0 Å². The lowest BCUT2D eigenvalue weighted by Gasteiger charge is -2.46. The number of hydrogen-bond acceptors (Lipinski definition) is 11. The van der Waals surface area contributed by atoms with Gasteiger partial charge in [-0.15, -0.1) is 0 Å². The molecule has 12 heteroatoms. The zero-order valence-corrected chi connectivity index (χ0v) is 24.3. The number of amides is 1. The van der Waals surface area contributed by atoms with Gasteiger partial charge >= 0.3 is 0 Å². The lowest BCUT2D eigenvalue weighted by molar-refractivity contribution is -0.307. The summed E-state index contributed by atoms with van der Waals surface area (Å²) in [6, 6.07) is -1.08. The molecule has 11 atom stereocenters. The molecule has 0 aromatic rings. The number of ether oxygens (including phenoxy) is 3. The molecule has 0 bridgehead atoms. The third kappa shape index (κ3) is 8.43. The van der Waals surface area contributed by atoms with E-state index < -0.39 is 72.7 Å². The predicted octanol–water partition coefficient (Wildman–Crippen LogP) is -0.765. The molecular formula is C28H51N3O9. The molecule has 2 heterocycles. The number of aliphatic hydroxyl groups excluding tert-OH is 4. The van der Waals surface area contributed by atoms with Crippen LogP contribution in [0, 0.1) is 17.8 Å². The van der Waals surface area contributed by atoms with Gasteiger partial charge in [0.1, 0.15) is 6.10 Å². The highest BCUT2D eigenvalue weighted by atomic mass is 16.7. The molecular weight excluding hydrogens is 522 g/mol. The highest BCUT2D eigenvalue weighted by Crippen LogP contribution is 2.38. The first-order valence-electron chi connectivity index (χ1n) is 14.5. The van der Waals surface area contributed by atoms with E-state index in [1.165, 1.54) is 0 Å². The van der Waals surface area contributed by atoms with Gasteiger partial charge in [0.2, 0.25) is 5.91 Å². The number of rotatable bonds is 11. The molecule has 2 aliphatic heterocycles. The summed E-state index contributed by atoms with van der Waals surface area (Å²) in [7, 11) is 0. The van der Waals surface area contributed by atoms with Gasteiger partial charge in [0, 0.05) is 31.3 Å². The van der Waals surface area contributed by atoms with Gasteiger partial charge in [0.05, 0.1) is 48.6 Å². The van der Waals surface area contributed by atoms with E-state index in [2.05, 4.69) is 5.32 Å². The summed E-state index contributed by atoms with van der Waals surface area (Å²) in [5.41, 5.74) is 11.9. The molecule has 2 saturated heterocycles. The normalized spacial score (nSPS) is 42.1. The molecule has 3 rings (SSSR count). The Morgan fingerprint density at radius 2 is 1.77 bits per heavy atom. The number of carbonyl (C=O) groups excluding carboxylic acids is 1. The Morgan fingerprint density at radius 3 is 2.35 bits per heavy atom. The molecule has 232 valence electrons. The van der Waals surface area contributed by atoms with Gasteiger partial charge < -0.3 is 56.5 Å². The van der Waals surface area contributed by atoms with E-state index in [0.29, 0.717) is 12.8 Å². The van der Waals surface area contributed by atoms with E-state index in [1.807, 2.05) is 33.8 Å². The largest absolute Gasteiger partial charge is 0.393 e. The topological polar surface area (TPSA) is 210 Å². The summed E-state index contributed by atoms with van der Waals surface area (Å²) in [5, 5.41) is 56.8. The average Bonchev–Trinajstić information content (AvgIpc) is 2.82. The van der Waals surface area contributed by atoms with Crippen molar-refractivity contribution in [3.8, 4) is 0 Å². The first kappa shape index (κ1) is 33.3. The Bertz CT molecular complexity index is 855. The van der Waals surface area contributed by atoms with Crippen molar-refractivity contribution in [1.82, 2.24) is 5.32 Å². The summed E-state index contributed by atoms with van der Waals surface area (Å²) in [6.45, 7) is 9.19. The van der Waals surface area contributed by atoms with Crippen molar-refractivity contribution >= 4 is 5.91 Å². The van der Waals surface area contributed by atoms with Crippen LogP contribution >= 0.6 is 0 Å². The molecule has 0 aromatic heterocycles. The van der Waals surface area contributed by atoms with E-state index in [4.69, 9.17) is 25.7 Å². The van der Waals surface area contributed by atoms with Crippen molar-refractivity contribution in [1.29, 1.82) is 0 Å². The summed E-state index contributed by atoms with van der Waals surface area (Å²) in [5.74, 6) is -3.35. The minimum atomic E-state index is -1.88. The van der Waals surface area contributed by atoms with E-state index >= 15 is 0 Å². The zero-order valence-electron chi connectivity index (χ0n) is 24.3. The van der Waals surface area contributed by atoms with Gasteiger partial charge in [-0.2, -0.15) is 0 Å². The number of aliphatic hydroxyl groups is 5. The number of carbonyl (C=O) groups is 1. The van der Waals surface area contributed by atoms with Crippen LogP contribution < -0.4 is 16.8 Å². The molecule has 9 unspecified atom stereocenters. The average molecular weight is 574 g/mol. The molecule has 40 heavy (non-hydrogen) atoms. The van der Waals surface area contributed by atoms with Gasteiger partial charge in [-0.1, -0.05) is 39.8 Å². The molecule has 12 nitrogen and oxygen atoms in total. The van der Waals surface area contributed by atoms with Crippen LogP contribution in [0.4, 0.5) is 0 Å². The maximum Gasteiger partial charge on any atom is 0.228 e. The van der Waals surface area contributed by atoms with Crippen LogP contribution in [0.2, 0.25) is 0 Å². The van der Waals surface area contributed by atoms with Crippen molar-refractivity contribution in [3.63, 3.8) is 0 Å².